The van der Waals surface area contributed by atoms with E-state index in [4.69, 9.17) is 10.9 Å². The summed E-state index contributed by atoms with van der Waals surface area (Å²) < 4.78 is 0. The van der Waals surface area contributed by atoms with Crippen LogP contribution in [0.15, 0.2) is 29.4 Å². The van der Waals surface area contributed by atoms with Gasteiger partial charge in [-0.25, -0.2) is 0 Å². The summed E-state index contributed by atoms with van der Waals surface area (Å²) in [6, 6.07) is 7.04. The first kappa shape index (κ1) is 6.61. The maximum atomic E-state index is 8.13. The van der Waals surface area contributed by atoms with Crippen molar-refractivity contribution in [3.05, 3.63) is 29.8 Å². The topological polar surface area (TPSA) is 58.6 Å². The van der Waals surface area contributed by atoms with Gasteiger partial charge < -0.3 is 10.9 Å². The van der Waals surface area contributed by atoms with Gasteiger partial charge in [0.2, 0.25) is 0 Å². The molecule has 0 saturated carbocycles. The summed E-state index contributed by atoms with van der Waals surface area (Å²) in [6.45, 7) is 0. The van der Waals surface area contributed by atoms with Crippen LogP contribution in [0, 0.1) is 0 Å². The standard InChI is InChI=1S/C7H8N2O/c8-7-3-1-6(2-4-7)5-9-10/h1-5,10H,8H2/b9-5+. The van der Waals surface area contributed by atoms with Crippen molar-refractivity contribution in [1.29, 1.82) is 0 Å². The molecule has 0 saturated heterocycles. The summed E-state index contributed by atoms with van der Waals surface area (Å²) in [5.74, 6) is 0. The van der Waals surface area contributed by atoms with E-state index in [-0.39, 0.29) is 0 Å². The van der Waals surface area contributed by atoms with E-state index in [0.717, 1.165) is 5.56 Å². The van der Waals surface area contributed by atoms with Gasteiger partial charge in [0.1, 0.15) is 0 Å². The third kappa shape index (κ3) is 1.48. The molecule has 0 spiro atoms. The van der Waals surface area contributed by atoms with Crippen molar-refractivity contribution in [2.45, 2.75) is 0 Å². The van der Waals surface area contributed by atoms with Crippen LogP contribution in [0.3, 0.4) is 0 Å². The predicted molar refractivity (Wildman–Crippen MR) is 40.2 cm³/mol. The molecule has 0 fully saturated rings. The van der Waals surface area contributed by atoms with Crippen LogP contribution in [0.1, 0.15) is 5.56 Å². The molecular weight excluding hydrogens is 128 g/mol. The zero-order valence-electron chi connectivity index (χ0n) is 5.36. The molecule has 0 amide bonds. The maximum absolute atomic E-state index is 8.13. The van der Waals surface area contributed by atoms with E-state index in [2.05, 4.69) is 5.16 Å². The zero-order valence-corrected chi connectivity index (χ0v) is 5.36. The molecule has 1 rings (SSSR count). The van der Waals surface area contributed by atoms with Gasteiger partial charge in [0, 0.05) is 5.69 Å². The van der Waals surface area contributed by atoms with Crippen molar-refractivity contribution in [3.8, 4) is 0 Å². The first-order chi connectivity index (χ1) is 4.83. The second-order valence-electron chi connectivity index (χ2n) is 1.91. The number of benzene rings is 1. The Kier molecular flexibility index (Phi) is 1.89. The fraction of sp³-hybridized carbons (Fsp3) is 0. The van der Waals surface area contributed by atoms with E-state index in [1.54, 1.807) is 24.3 Å². The number of hydrogen-bond donors (Lipinski definition) is 2. The molecule has 0 atom stereocenters. The molecule has 0 unspecified atom stereocenters. The molecule has 0 bridgehead atoms. The fourth-order valence-corrected chi connectivity index (χ4v) is 0.649. The SMILES string of the molecule is Nc1ccc(/C=N/O)cc1. The van der Waals surface area contributed by atoms with Crippen LogP contribution in [0.25, 0.3) is 0 Å². The van der Waals surface area contributed by atoms with Crippen LogP contribution < -0.4 is 5.73 Å². The summed E-state index contributed by atoms with van der Waals surface area (Å²) in [5.41, 5.74) is 6.95. The number of anilines is 1. The van der Waals surface area contributed by atoms with E-state index in [0.29, 0.717) is 5.69 Å². The summed E-state index contributed by atoms with van der Waals surface area (Å²) >= 11 is 0. The molecule has 0 aliphatic rings. The minimum atomic E-state index is 0.704. The summed E-state index contributed by atoms with van der Waals surface area (Å²) in [4.78, 5) is 0. The highest BCUT2D eigenvalue weighted by Gasteiger charge is 1.85. The smallest absolute Gasteiger partial charge is 0.0733 e. The Labute approximate surface area is 58.8 Å². The van der Waals surface area contributed by atoms with Crippen molar-refractivity contribution in [2.24, 2.45) is 5.16 Å². The van der Waals surface area contributed by atoms with Crippen LogP contribution >= 0.6 is 0 Å². The normalized spacial score (nSPS) is 10.4. The lowest BCUT2D eigenvalue weighted by Crippen LogP contribution is -1.85. The van der Waals surface area contributed by atoms with Crippen molar-refractivity contribution >= 4 is 11.9 Å². The Morgan fingerprint density at radius 2 is 1.90 bits per heavy atom. The van der Waals surface area contributed by atoms with Gasteiger partial charge >= 0.3 is 0 Å². The highest BCUT2D eigenvalue weighted by Crippen LogP contribution is 2.02. The Morgan fingerprint density at radius 1 is 1.30 bits per heavy atom. The monoisotopic (exact) mass is 136 g/mol. The van der Waals surface area contributed by atoms with Crippen LogP contribution in [0.2, 0.25) is 0 Å². The molecule has 3 nitrogen and oxygen atoms in total. The van der Waals surface area contributed by atoms with Gasteiger partial charge in [-0.15, -0.1) is 0 Å². The zero-order chi connectivity index (χ0) is 7.40. The van der Waals surface area contributed by atoms with Crippen molar-refractivity contribution in [3.63, 3.8) is 0 Å². The summed E-state index contributed by atoms with van der Waals surface area (Å²) in [6.07, 6.45) is 1.35. The third-order valence-electron chi connectivity index (χ3n) is 1.14. The highest BCUT2D eigenvalue weighted by atomic mass is 16.4. The molecule has 10 heavy (non-hydrogen) atoms. The Bertz CT molecular complexity index is 228. The van der Waals surface area contributed by atoms with Gasteiger partial charge in [0.15, 0.2) is 0 Å². The number of nitrogen functional groups attached to an aromatic ring is 1. The molecule has 0 aromatic heterocycles. The van der Waals surface area contributed by atoms with E-state index < -0.39 is 0 Å². The van der Waals surface area contributed by atoms with Crippen molar-refractivity contribution < 1.29 is 5.21 Å². The number of nitrogens with zero attached hydrogens (tertiary/aromatic N) is 1. The Morgan fingerprint density at radius 3 is 2.40 bits per heavy atom. The molecular formula is C7H8N2O. The number of nitrogens with two attached hydrogens (primary N) is 1. The first-order valence-electron chi connectivity index (χ1n) is 2.86. The second-order valence-corrected chi connectivity index (χ2v) is 1.91. The molecule has 0 heterocycles. The Hall–Kier alpha value is -1.51. The van der Waals surface area contributed by atoms with Gasteiger partial charge in [0.25, 0.3) is 0 Å². The van der Waals surface area contributed by atoms with Gasteiger partial charge in [0.05, 0.1) is 6.21 Å². The molecule has 3 N–H and O–H groups in total. The average molecular weight is 136 g/mol. The van der Waals surface area contributed by atoms with Crippen LogP contribution in [-0.4, -0.2) is 11.4 Å². The number of oxime groups is 1. The quantitative estimate of drug-likeness (QED) is 0.262. The summed E-state index contributed by atoms with van der Waals surface area (Å²) in [5, 5.41) is 11.0. The van der Waals surface area contributed by atoms with Crippen molar-refractivity contribution in [2.75, 3.05) is 5.73 Å². The van der Waals surface area contributed by atoms with Gasteiger partial charge in [-0.3, -0.25) is 0 Å². The van der Waals surface area contributed by atoms with Gasteiger partial charge in [-0.2, -0.15) is 0 Å². The van der Waals surface area contributed by atoms with Crippen LogP contribution in [0.5, 0.6) is 0 Å². The average Bonchev–Trinajstić information content (AvgIpc) is 1.95. The molecule has 3 heteroatoms. The Balaban J connectivity index is 2.89. The molecule has 0 aliphatic carbocycles. The first-order valence-corrected chi connectivity index (χ1v) is 2.86. The predicted octanol–water partition coefficient (Wildman–Crippen LogP) is 1.08. The van der Waals surface area contributed by atoms with Crippen LogP contribution in [-0.2, 0) is 0 Å². The lowest BCUT2D eigenvalue weighted by molar-refractivity contribution is 0.322. The van der Waals surface area contributed by atoms with E-state index in [1.807, 2.05) is 0 Å². The minimum Gasteiger partial charge on any atom is -0.411 e. The largest absolute Gasteiger partial charge is 0.411 e. The van der Waals surface area contributed by atoms with E-state index in [9.17, 15) is 0 Å². The maximum Gasteiger partial charge on any atom is 0.0733 e. The van der Waals surface area contributed by atoms with E-state index >= 15 is 0 Å². The lowest BCUT2D eigenvalue weighted by atomic mass is 10.2. The molecule has 1 aromatic rings. The molecule has 1 aromatic carbocycles. The molecule has 0 aliphatic heterocycles. The molecule has 0 radical (unpaired) electrons. The number of hydrogen-bond acceptors (Lipinski definition) is 3. The lowest BCUT2D eigenvalue weighted by Gasteiger charge is -1.91. The highest BCUT2D eigenvalue weighted by molar-refractivity contribution is 5.79. The number of rotatable bonds is 1. The van der Waals surface area contributed by atoms with E-state index in [1.165, 1.54) is 6.21 Å². The van der Waals surface area contributed by atoms with Gasteiger partial charge in [-0.1, -0.05) is 17.3 Å². The fourth-order valence-electron chi connectivity index (χ4n) is 0.649. The minimum absolute atomic E-state index is 0.704. The van der Waals surface area contributed by atoms with Gasteiger partial charge in [-0.05, 0) is 17.7 Å². The van der Waals surface area contributed by atoms with Crippen molar-refractivity contribution in [1.82, 2.24) is 0 Å². The summed E-state index contributed by atoms with van der Waals surface area (Å²) in [7, 11) is 0. The second kappa shape index (κ2) is 2.87. The van der Waals surface area contributed by atoms with Crippen LogP contribution in [0.4, 0.5) is 5.69 Å². The molecule has 52 valence electrons. The third-order valence-corrected chi connectivity index (χ3v) is 1.14.